The zero-order chi connectivity index (χ0) is 16.8. The highest BCUT2D eigenvalue weighted by atomic mass is 35.5. The van der Waals surface area contributed by atoms with Gasteiger partial charge < -0.3 is 14.8 Å². The summed E-state index contributed by atoms with van der Waals surface area (Å²) >= 11 is 11.9. The molecule has 0 saturated heterocycles. The highest BCUT2D eigenvalue weighted by Gasteiger charge is 2.16. The molecular weight excluding hydrogens is 337 g/mol. The van der Waals surface area contributed by atoms with Gasteiger partial charge in [-0.1, -0.05) is 23.2 Å². The lowest BCUT2D eigenvalue weighted by molar-refractivity contribution is -0.122. The third-order valence-electron chi connectivity index (χ3n) is 3.01. The van der Waals surface area contributed by atoms with Crippen molar-refractivity contribution < 1.29 is 14.3 Å². The first-order valence-electron chi connectivity index (χ1n) is 7.15. The number of hydrogen-bond acceptors (Lipinski definition) is 3. The molecule has 0 spiro atoms. The topological polar surface area (TPSA) is 47.6 Å². The first kappa shape index (κ1) is 17.4. The van der Waals surface area contributed by atoms with E-state index in [0.29, 0.717) is 28.1 Å². The smallest absolute Gasteiger partial charge is 0.265 e. The quantitative estimate of drug-likeness (QED) is 0.811. The number of ether oxygens (including phenoxy) is 2. The van der Waals surface area contributed by atoms with Crippen molar-refractivity contribution in [3.05, 3.63) is 52.5 Å². The maximum atomic E-state index is 12.2. The minimum Gasteiger partial charge on any atom is -0.494 e. The molecule has 2 rings (SSSR count). The predicted octanol–water partition coefficient (Wildman–Crippen LogP) is 4.80. The highest BCUT2D eigenvalue weighted by Crippen LogP contribution is 2.26. The largest absolute Gasteiger partial charge is 0.494 e. The summed E-state index contributed by atoms with van der Waals surface area (Å²) in [6.45, 7) is 4.18. The molecule has 1 N–H and O–H groups in total. The van der Waals surface area contributed by atoms with Crippen LogP contribution in [0.2, 0.25) is 10.0 Å². The standard InChI is InChI=1S/C17H17Cl2NO3/c1-3-22-13-5-7-14(8-6-13)23-11(2)17(21)20-16-9-4-12(18)10-15(16)19/h4-11H,3H2,1-2H3,(H,20,21). The van der Waals surface area contributed by atoms with Crippen molar-refractivity contribution in [1.82, 2.24) is 0 Å². The van der Waals surface area contributed by atoms with E-state index >= 15 is 0 Å². The third-order valence-corrected chi connectivity index (χ3v) is 3.55. The zero-order valence-electron chi connectivity index (χ0n) is 12.8. The minimum atomic E-state index is -0.681. The Labute approximate surface area is 145 Å². The van der Waals surface area contributed by atoms with Gasteiger partial charge in [-0.05, 0) is 56.3 Å². The lowest BCUT2D eigenvalue weighted by atomic mass is 10.3. The molecule has 0 aliphatic carbocycles. The van der Waals surface area contributed by atoms with Gasteiger partial charge in [0.05, 0.1) is 17.3 Å². The van der Waals surface area contributed by atoms with E-state index in [1.807, 2.05) is 6.92 Å². The van der Waals surface area contributed by atoms with Crippen LogP contribution < -0.4 is 14.8 Å². The molecule has 0 saturated carbocycles. The monoisotopic (exact) mass is 353 g/mol. The molecule has 1 atom stereocenters. The van der Waals surface area contributed by atoms with Crippen molar-refractivity contribution in [3.8, 4) is 11.5 Å². The second-order valence-corrected chi connectivity index (χ2v) is 5.62. The van der Waals surface area contributed by atoms with Crippen LogP contribution in [0, 0.1) is 0 Å². The Bertz CT molecular complexity index is 674. The molecule has 6 heteroatoms. The Hall–Kier alpha value is -1.91. The van der Waals surface area contributed by atoms with Crippen LogP contribution in [0.15, 0.2) is 42.5 Å². The Balaban J connectivity index is 1.96. The second kappa shape index (κ2) is 8.09. The van der Waals surface area contributed by atoms with Gasteiger partial charge in [-0.15, -0.1) is 0 Å². The number of benzene rings is 2. The van der Waals surface area contributed by atoms with Crippen molar-refractivity contribution >= 4 is 34.8 Å². The van der Waals surface area contributed by atoms with Crippen LogP contribution in [0.3, 0.4) is 0 Å². The first-order valence-corrected chi connectivity index (χ1v) is 7.90. The lowest BCUT2D eigenvalue weighted by Crippen LogP contribution is -2.30. The Morgan fingerprint density at radius 3 is 2.39 bits per heavy atom. The van der Waals surface area contributed by atoms with Crippen LogP contribution >= 0.6 is 23.2 Å². The van der Waals surface area contributed by atoms with Crippen molar-refractivity contribution in [3.63, 3.8) is 0 Å². The summed E-state index contributed by atoms with van der Waals surface area (Å²) in [4.78, 5) is 12.2. The number of amides is 1. The van der Waals surface area contributed by atoms with Crippen molar-refractivity contribution in [2.75, 3.05) is 11.9 Å². The van der Waals surface area contributed by atoms with Crippen LogP contribution in [0.1, 0.15) is 13.8 Å². The summed E-state index contributed by atoms with van der Waals surface area (Å²) in [5.74, 6) is 1.03. The van der Waals surface area contributed by atoms with E-state index in [4.69, 9.17) is 32.7 Å². The maximum Gasteiger partial charge on any atom is 0.265 e. The van der Waals surface area contributed by atoms with Gasteiger partial charge in [0.2, 0.25) is 0 Å². The SMILES string of the molecule is CCOc1ccc(OC(C)C(=O)Nc2ccc(Cl)cc2Cl)cc1. The molecule has 23 heavy (non-hydrogen) atoms. The van der Waals surface area contributed by atoms with Crippen LogP contribution in [0.4, 0.5) is 5.69 Å². The van der Waals surface area contributed by atoms with Crippen molar-refractivity contribution in [2.45, 2.75) is 20.0 Å². The van der Waals surface area contributed by atoms with Crippen molar-refractivity contribution in [2.24, 2.45) is 0 Å². The fourth-order valence-electron chi connectivity index (χ4n) is 1.86. The van der Waals surface area contributed by atoms with Gasteiger partial charge in [-0.25, -0.2) is 0 Å². The van der Waals surface area contributed by atoms with Gasteiger partial charge in [0.25, 0.3) is 5.91 Å². The average molecular weight is 354 g/mol. The molecule has 4 nitrogen and oxygen atoms in total. The molecule has 0 heterocycles. The number of hydrogen-bond donors (Lipinski definition) is 1. The molecule has 2 aromatic carbocycles. The van der Waals surface area contributed by atoms with E-state index in [0.717, 1.165) is 5.75 Å². The Morgan fingerprint density at radius 1 is 1.13 bits per heavy atom. The Kier molecular flexibility index (Phi) is 6.13. The summed E-state index contributed by atoms with van der Waals surface area (Å²) in [6, 6.07) is 12.0. The second-order valence-electron chi connectivity index (χ2n) is 4.78. The van der Waals surface area contributed by atoms with Crippen LogP contribution in [-0.2, 0) is 4.79 Å². The minimum absolute atomic E-state index is 0.303. The first-order chi connectivity index (χ1) is 11.0. The normalized spacial score (nSPS) is 11.7. The van der Waals surface area contributed by atoms with Gasteiger partial charge in [-0.2, -0.15) is 0 Å². The summed E-state index contributed by atoms with van der Waals surface area (Å²) < 4.78 is 11.0. The molecule has 2 aromatic rings. The van der Waals surface area contributed by atoms with Gasteiger partial charge >= 0.3 is 0 Å². The van der Waals surface area contributed by atoms with E-state index in [1.54, 1.807) is 49.4 Å². The molecule has 0 aromatic heterocycles. The molecule has 0 aliphatic rings. The molecule has 122 valence electrons. The van der Waals surface area contributed by atoms with Gasteiger partial charge in [0.1, 0.15) is 11.5 Å². The fourth-order valence-corrected chi connectivity index (χ4v) is 2.32. The molecule has 1 amide bonds. The van der Waals surface area contributed by atoms with Crippen LogP contribution in [0.25, 0.3) is 0 Å². The van der Waals surface area contributed by atoms with Crippen LogP contribution in [0.5, 0.6) is 11.5 Å². The highest BCUT2D eigenvalue weighted by molar-refractivity contribution is 6.36. The third kappa shape index (κ3) is 5.05. The number of carbonyl (C=O) groups excluding carboxylic acids is 1. The molecule has 0 fully saturated rings. The summed E-state index contributed by atoms with van der Waals surface area (Å²) in [5.41, 5.74) is 0.489. The van der Waals surface area contributed by atoms with Gasteiger partial charge in [0.15, 0.2) is 6.10 Å². The van der Waals surface area contributed by atoms with Gasteiger partial charge in [0, 0.05) is 5.02 Å². The van der Waals surface area contributed by atoms with Gasteiger partial charge in [-0.3, -0.25) is 4.79 Å². The fraction of sp³-hybridized carbons (Fsp3) is 0.235. The van der Waals surface area contributed by atoms with E-state index < -0.39 is 6.10 Å². The molecular formula is C17H17Cl2NO3. The maximum absolute atomic E-state index is 12.2. The molecule has 0 bridgehead atoms. The average Bonchev–Trinajstić information content (AvgIpc) is 2.52. The van der Waals surface area contributed by atoms with E-state index in [-0.39, 0.29) is 5.91 Å². The molecule has 0 aliphatic heterocycles. The molecule has 0 radical (unpaired) electrons. The summed E-state index contributed by atoms with van der Waals surface area (Å²) in [7, 11) is 0. The number of halogens is 2. The van der Waals surface area contributed by atoms with Crippen LogP contribution in [-0.4, -0.2) is 18.6 Å². The zero-order valence-corrected chi connectivity index (χ0v) is 14.3. The van der Waals surface area contributed by atoms with E-state index in [1.165, 1.54) is 0 Å². The number of nitrogens with one attached hydrogen (secondary N) is 1. The summed E-state index contributed by atoms with van der Waals surface area (Å²) in [5, 5.41) is 3.59. The number of anilines is 1. The number of carbonyl (C=O) groups is 1. The number of rotatable bonds is 6. The summed E-state index contributed by atoms with van der Waals surface area (Å²) in [6.07, 6.45) is -0.681. The molecule has 1 unspecified atom stereocenters. The predicted molar refractivity (Wildman–Crippen MR) is 92.8 cm³/mol. The lowest BCUT2D eigenvalue weighted by Gasteiger charge is -2.15. The van der Waals surface area contributed by atoms with Crippen molar-refractivity contribution in [1.29, 1.82) is 0 Å². The van der Waals surface area contributed by atoms with E-state index in [9.17, 15) is 4.79 Å². The Morgan fingerprint density at radius 2 is 1.78 bits per heavy atom. The van der Waals surface area contributed by atoms with E-state index in [2.05, 4.69) is 5.32 Å².